The van der Waals surface area contributed by atoms with Gasteiger partial charge in [0.25, 0.3) is 5.91 Å². The molecule has 10 heteroatoms. The average molecular weight is 492 g/mol. The number of hydrogen-bond donors (Lipinski definition) is 5. The highest BCUT2D eigenvalue weighted by atomic mass is 35.5. The minimum atomic E-state index is -0.561. The van der Waals surface area contributed by atoms with Gasteiger partial charge in [0.15, 0.2) is 0 Å². The number of nitrogens with zero attached hydrogens (tertiary/aromatic N) is 2. The fourth-order valence-corrected chi connectivity index (χ4v) is 3.84. The van der Waals surface area contributed by atoms with Gasteiger partial charge >= 0.3 is 0 Å². The van der Waals surface area contributed by atoms with Crippen molar-refractivity contribution >= 4 is 62.9 Å². The minimum absolute atomic E-state index is 0.0893. The highest BCUT2D eigenvalue weighted by molar-refractivity contribution is 6.31. The first kappa shape index (κ1) is 24.1. The van der Waals surface area contributed by atoms with Crippen LogP contribution in [-0.2, 0) is 4.79 Å². The smallest absolute Gasteiger partial charge is 0.250 e. The van der Waals surface area contributed by atoms with E-state index < -0.39 is 5.91 Å². The standard InChI is InChI=1S/C25H26ClN7O2/c1-14-4-6-16(29-24(34)13-33(2)3)9-19(14)31-23-10-18-21(11-28-12-22(18)32-23)30-20-8-15(26)5-7-17(20)25(27)35/h4-12,30-32H,13H2,1-3H3,(H2,27,35)(H,29,34). The third-order valence-corrected chi connectivity index (χ3v) is 5.55. The number of carbonyl (C=O) groups excluding carboxylic acids is 2. The fraction of sp³-hybridized carbons (Fsp3) is 0.160. The molecule has 0 aliphatic rings. The molecule has 0 unspecified atom stereocenters. The van der Waals surface area contributed by atoms with Gasteiger partial charge < -0.3 is 31.6 Å². The van der Waals surface area contributed by atoms with E-state index in [2.05, 4.69) is 25.9 Å². The zero-order valence-corrected chi connectivity index (χ0v) is 20.3. The number of aryl methyl sites for hydroxylation is 1. The second-order valence-corrected chi connectivity index (χ2v) is 8.89. The first-order valence-electron chi connectivity index (χ1n) is 10.8. The molecule has 6 N–H and O–H groups in total. The van der Waals surface area contributed by atoms with Crippen LogP contribution in [0.5, 0.6) is 0 Å². The highest BCUT2D eigenvalue weighted by Gasteiger charge is 2.13. The first-order valence-corrected chi connectivity index (χ1v) is 11.2. The Balaban J connectivity index is 1.61. The molecule has 9 nitrogen and oxygen atoms in total. The van der Waals surface area contributed by atoms with E-state index in [1.165, 1.54) is 0 Å². The number of benzene rings is 2. The Morgan fingerprint density at radius 2 is 1.83 bits per heavy atom. The molecule has 180 valence electrons. The van der Waals surface area contributed by atoms with Crippen LogP contribution in [0, 0.1) is 6.92 Å². The summed E-state index contributed by atoms with van der Waals surface area (Å²) < 4.78 is 0. The molecule has 2 amide bonds. The largest absolute Gasteiger partial charge is 0.366 e. The van der Waals surface area contributed by atoms with Crippen molar-refractivity contribution in [2.45, 2.75) is 6.92 Å². The van der Waals surface area contributed by atoms with Crippen molar-refractivity contribution in [3.8, 4) is 0 Å². The Labute approximate surface area is 207 Å². The van der Waals surface area contributed by atoms with Gasteiger partial charge in [0.1, 0.15) is 5.82 Å². The first-order chi connectivity index (χ1) is 16.7. The number of H-pyrrole nitrogens is 1. The Morgan fingerprint density at radius 1 is 1.03 bits per heavy atom. The lowest BCUT2D eigenvalue weighted by Gasteiger charge is -2.13. The van der Waals surface area contributed by atoms with Gasteiger partial charge in [-0.05, 0) is 63.0 Å². The SMILES string of the molecule is Cc1ccc(NC(=O)CN(C)C)cc1Nc1cc2c(Nc3cc(Cl)ccc3C(N)=O)cncc2[nH]1. The van der Waals surface area contributed by atoms with Crippen LogP contribution in [-0.4, -0.2) is 47.3 Å². The van der Waals surface area contributed by atoms with Gasteiger partial charge in [0.2, 0.25) is 5.91 Å². The number of nitrogens with one attached hydrogen (secondary N) is 4. The maximum absolute atomic E-state index is 12.1. The molecular weight excluding hydrogens is 466 g/mol. The molecule has 0 fully saturated rings. The van der Waals surface area contributed by atoms with E-state index in [1.807, 2.05) is 50.2 Å². The van der Waals surface area contributed by atoms with Gasteiger partial charge in [-0.1, -0.05) is 17.7 Å². The summed E-state index contributed by atoms with van der Waals surface area (Å²) in [6, 6.07) is 12.5. The second-order valence-electron chi connectivity index (χ2n) is 8.45. The average Bonchev–Trinajstić information content (AvgIpc) is 3.19. The summed E-state index contributed by atoms with van der Waals surface area (Å²) in [6.45, 7) is 2.28. The van der Waals surface area contributed by atoms with Crippen LogP contribution in [0.25, 0.3) is 10.9 Å². The normalized spacial score (nSPS) is 11.0. The van der Waals surface area contributed by atoms with Crippen molar-refractivity contribution in [3.63, 3.8) is 0 Å². The third kappa shape index (κ3) is 5.71. The Morgan fingerprint density at radius 3 is 2.57 bits per heavy atom. The van der Waals surface area contributed by atoms with Crippen LogP contribution < -0.4 is 21.7 Å². The second kappa shape index (κ2) is 10.0. The molecule has 0 aliphatic heterocycles. The third-order valence-electron chi connectivity index (χ3n) is 5.31. The lowest BCUT2D eigenvalue weighted by Crippen LogP contribution is -2.27. The minimum Gasteiger partial charge on any atom is -0.366 e. The van der Waals surface area contributed by atoms with Crippen molar-refractivity contribution in [1.29, 1.82) is 0 Å². The lowest BCUT2D eigenvalue weighted by atomic mass is 10.1. The molecule has 4 aromatic rings. The van der Waals surface area contributed by atoms with E-state index in [4.69, 9.17) is 17.3 Å². The van der Waals surface area contributed by atoms with Gasteiger partial charge in [-0.2, -0.15) is 0 Å². The predicted octanol–water partition coefficient (Wildman–Crippen LogP) is 4.61. The number of halogens is 1. The molecule has 0 radical (unpaired) electrons. The van der Waals surface area contributed by atoms with Gasteiger partial charge in [0, 0.05) is 21.8 Å². The molecule has 35 heavy (non-hydrogen) atoms. The van der Waals surface area contributed by atoms with Crippen LogP contribution in [0.15, 0.2) is 54.9 Å². The number of aromatic amines is 1. The van der Waals surface area contributed by atoms with Crippen LogP contribution in [0.2, 0.25) is 5.02 Å². The van der Waals surface area contributed by atoms with Gasteiger partial charge in [0.05, 0.1) is 41.4 Å². The number of aromatic nitrogens is 2. The summed E-state index contributed by atoms with van der Waals surface area (Å²) in [5.74, 6) is 0.0828. The van der Waals surface area contributed by atoms with Crippen molar-refractivity contribution in [2.75, 3.05) is 36.6 Å². The van der Waals surface area contributed by atoms with Gasteiger partial charge in [-0.15, -0.1) is 0 Å². The summed E-state index contributed by atoms with van der Waals surface area (Å²) in [4.78, 5) is 33.4. The van der Waals surface area contributed by atoms with Gasteiger partial charge in [-0.3, -0.25) is 14.6 Å². The molecule has 4 rings (SSSR count). The molecule has 2 aromatic carbocycles. The summed E-state index contributed by atoms with van der Waals surface area (Å²) >= 11 is 6.13. The number of amides is 2. The van der Waals surface area contributed by atoms with Crippen molar-refractivity contribution < 1.29 is 9.59 Å². The monoisotopic (exact) mass is 491 g/mol. The maximum Gasteiger partial charge on any atom is 0.250 e. The number of hydrogen-bond acceptors (Lipinski definition) is 6. The quantitative estimate of drug-likeness (QED) is 0.245. The van der Waals surface area contributed by atoms with E-state index >= 15 is 0 Å². The van der Waals surface area contributed by atoms with E-state index in [0.717, 1.165) is 28.0 Å². The molecule has 2 heterocycles. The molecular formula is C25H26ClN7O2. The summed E-state index contributed by atoms with van der Waals surface area (Å²) in [7, 11) is 3.69. The topological polar surface area (TPSA) is 128 Å². The van der Waals surface area contributed by atoms with Crippen molar-refractivity contribution in [3.05, 3.63) is 71.0 Å². The number of primary amides is 1. The van der Waals surface area contributed by atoms with Crippen LogP contribution in [0.1, 0.15) is 15.9 Å². The molecule has 0 spiro atoms. The fourth-order valence-electron chi connectivity index (χ4n) is 3.67. The molecule has 0 atom stereocenters. The Kier molecular flexibility index (Phi) is 6.90. The predicted molar refractivity (Wildman–Crippen MR) is 141 cm³/mol. The number of fused-ring (bicyclic) bond motifs is 1. The number of likely N-dealkylation sites (N-methyl/N-ethyl adjacent to an activating group) is 1. The summed E-state index contributed by atoms with van der Waals surface area (Å²) in [5, 5.41) is 10.8. The number of rotatable bonds is 8. The van der Waals surface area contributed by atoms with Crippen LogP contribution in [0.3, 0.4) is 0 Å². The van der Waals surface area contributed by atoms with Crippen molar-refractivity contribution in [2.24, 2.45) is 5.73 Å². The zero-order valence-electron chi connectivity index (χ0n) is 19.6. The van der Waals surface area contributed by atoms with E-state index in [0.29, 0.717) is 34.2 Å². The van der Waals surface area contributed by atoms with Gasteiger partial charge in [-0.25, -0.2) is 0 Å². The molecule has 0 aliphatic carbocycles. The molecule has 0 saturated heterocycles. The number of pyridine rings is 1. The molecule has 0 bridgehead atoms. The Bertz CT molecular complexity index is 1410. The number of anilines is 5. The summed E-state index contributed by atoms with van der Waals surface area (Å²) in [6.07, 6.45) is 3.38. The number of nitrogens with two attached hydrogens (primary N) is 1. The lowest BCUT2D eigenvalue weighted by molar-refractivity contribution is -0.116. The van der Waals surface area contributed by atoms with E-state index in [-0.39, 0.29) is 5.91 Å². The van der Waals surface area contributed by atoms with Crippen LogP contribution in [0.4, 0.5) is 28.6 Å². The van der Waals surface area contributed by atoms with E-state index in [1.54, 1.807) is 30.6 Å². The highest BCUT2D eigenvalue weighted by Crippen LogP contribution is 2.32. The summed E-state index contributed by atoms with van der Waals surface area (Å²) in [5.41, 5.74) is 10.3. The number of carbonyl (C=O) groups is 2. The molecule has 0 saturated carbocycles. The van der Waals surface area contributed by atoms with Crippen molar-refractivity contribution in [1.82, 2.24) is 14.9 Å². The van der Waals surface area contributed by atoms with Crippen LogP contribution >= 0.6 is 11.6 Å². The Hall–Kier alpha value is -4.08. The maximum atomic E-state index is 12.1. The van der Waals surface area contributed by atoms with E-state index in [9.17, 15) is 9.59 Å². The zero-order chi connectivity index (χ0) is 25.1. The molecule has 2 aromatic heterocycles.